The van der Waals surface area contributed by atoms with E-state index in [9.17, 15) is 0 Å². The smallest absolute Gasteiger partial charge is 0.0765 e. The van der Waals surface area contributed by atoms with Crippen LogP contribution in [0.25, 0.3) is 0 Å². The Kier molecular flexibility index (Phi) is 3.97. The predicted molar refractivity (Wildman–Crippen MR) is 66.1 cm³/mol. The van der Waals surface area contributed by atoms with Crippen LogP contribution in [0.2, 0.25) is 0 Å². The molecule has 1 saturated carbocycles. The molecule has 0 amide bonds. The Labute approximate surface area is 97.8 Å². The molecule has 1 aliphatic carbocycles. The molecule has 2 rings (SSSR count). The highest BCUT2D eigenvalue weighted by molar-refractivity contribution is 5.19. The first kappa shape index (κ1) is 11.6. The molecule has 2 nitrogen and oxygen atoms in total. The summed E-state index contributed by atoms with van der Waals surface area (Å²) in [5.74, 6) is 0.803. The van der Waals surface area contributed by atoms with Crippen molar-refractivity contribution >= 4 is 0 Å². The SMILES string of the molecule is CCC(OCC1CC1)C(N)c1ccccc1. The van der Waals surface area contributed by atoms with E-state index in [1.165, 1.54) is 18.4 Å². The van der Waals surface area contributed by atoms with Gasteiger partial charge in [-0.15, -0.1) is 0 Å². The van der Waals surface area contributed by atoms with E-state index < -0.39 is 0 Å². The lowest BCUT2D eigenvalue weighted by Crippen LogP contribution is -2.29. The van der Waals surface area contributed by atoms with Crippen LogP contribution in [0.15, 0.2) is 30.3 Å². The average molecular weight is 219 g/mol. The van der Waals surface area contributed by atoms with Gasteiger partial charge in [-0.3, -0.25) is 0 Å². The van der Waals surface area contributed by atoms with Crippen molar-refractivity contribution in [2.75, 3.05) is 6.61 Å². The fraction of sp³-hybridized carbons (Fsp3) is 0.571. The molecule has 0 spiro atoms. The number of nitrogens with two attached hydrogens (primary N) is 1. The van der Waals surface area contributed by atoms with Gasteiger partial charge in [0.15, 0.2) is 0 Å². The van der Waals surface area contributed by atoms with Gasteiger partial charge in [-0.05, 0) is 30.7 Å². The molecule has 0 aromatic heterocycles. The lowest BCUT2D eigenvalue weighted by Gasteiger charge is -2.23. The highest BCUT2D eigenvalue weighted by Crippen LogP contribution is 2.30. The molecule has 88 valence electrons. The lowest BCUT2D eigenvalue weighted by molar-refractivity contribution is 0.0261. The molecule has 16 heavy (non-hydrogen) atoms. The van der Waals surface area contributed by atoms with Crippen molar-refractivity contribution < 1.29 is 4.74 Å². The van der Waals surface area contributed by atoms with E-state index in [1.807, 2.05) is 18.2 Å². The van der Waals surface area contributed by atoms with Gasteiger partial charge in [-0.2, -0.15) is 0 Å². The first-order valence-electron chi connectivity index (χ1n) is 6.23. The topological polar surface area (TPSA) is 35.2 Å². The maximum atomic E-state index is 6.23. The van der Waals surface area contributed by atoms with Crippen LogP contribution in [0.3, 0.4) is 0 Å². The number of hydrogen-bond acceptors (Lipinski definition) is 2. The Morgan fingerprint density at radius 3 is 2.56 bits per heavy atom. The Hall–Kier alpha value is -0.860. The van der Waals surface area contributed by atoms with Crippen molar-refractivity contribution in [3.05, 3.63) is 35.9 Å². The average Bonchev–Trinajstić information content (AvgIpc) is 3.15. The van der Waals surface area contributed by atoms with Crippen molar-refractivity contribution in [2.45, 2.75) is 38.3 Å². The zero-order valence-corrected chi connectivity index (χ0v) is 9.93. The molecule has 2 atom stereocenters. The van der Waals surface area contributed by atoms with Gasteiger partial charge in [0.2, 0.25) is 0 Å². The largest absolute Gasteiger partial charge is 0.376 e. The molecule has 1 fully saturated rings. The van der Waals surface area contributed by atoms with Crippen LogP contribution in [0.1, 0.15) is 37.8 Å². The Balaban J connectivity index is 1.91. The molecular formula is C14H21NO. The molecule has 1 aromatic rings. The monoisotopic (exact) mass is 219 g/mol. The maximum Gasteiger partial charge on any atom is 0.0765 e. The minimum Gasteiger partial charge on any atom is -0.376 e. The van der Waals surface area contributed by atoms with Crippen molar-refractivity contribution in [1.29, 1.82) is 0 Å². The summed E-state index contributed by atoms with van der Waals surface area (Å²) in [6, 6.07) is 10.2. The highest BCUT2D eigenvalue weighted by atomic mass is 16.5. The molecular weight excluding hydrogens is 198 g/mol. The summed E-state index contributed by atoms with van der Waals surface area (Å²) in [4.78, 5) is 0. The van der Waals surface area contributed by atoms with Gasteiger partial charge in [-0.1, -0.05) is 37.3 Å². The van der Waals surface area contributed by atoms with E-state index in [-0.39, 0.29) is 12.1 Å². The first-order chi connectivity index (χ1) is 7.81. The number of benzene rings is 1. The van der Waals surface area contributed by atoms with Gasteiger partial charge in [-0.25, -0.2) is 0 Å². The van der Waals surface area contributed by atoms with E-state index in [2.05, 4.69) is 19.1 Å². The molecule has 1 aliphatic rings. The Morgan fingerprint density at radius 1 is 1.31 bits per heavy atom. The fourth-order valence-corrected chi connectivity index (χ4v) is 1.91. The Morgan fingerprint density at radius 2 is 2.00 bits per heavy atom. The third kappa shape index (κ3) is 3.06. The normalized spacial score (nSPS) is 19.4. The zero-order valence-electron chi connectivity index (χ0n) is 9.93. The minimum absolute atomic E-state index is 0.00458. The van der Waals surface area contributed by atoms with E-state index >= 15 is 0 Å². The molecule has 0 aliphatic heterocycles. The molecule has 2 unspecified atom stereocenters. The van der Waals surface area contributed by atoms with Crippen molar-refractivity contribution in [3.63, 3.8) is 0 Å². The number of rotatable bonds is 6. The van der Waals surface area contributed by atoms with Gasteiger partial charge >= 0.3 is 0 Å². The van der Waals surface area contributed by atoms with Gasteiger partial charge in [0.25, 0.3) is 0 Å². The summed E-state index contributed by atoms with van der Waals surface area (Å²) in [5.41, 5.74) is 7.40. The number of ether oxygens (including phenoxy) is 1. The molecule has 2 heteroatoms. The van der Waals surface area contributed by atoms with Crippen LogP contribution in [-0.4, -0.2) is 12.7 Å². The van der Waals surface area contributed by atoms with Gasteiger partial charge in [0.05, 0.1) is 12.1 Å². The summed E-state index contributed by atoms with van der Waals surface area (Å²) >= 11 is 0. The molecule has 0 saturated heterocycles. The summed E-state index contributed by atoms with van der Waals surface area (Å²) < 4.78 is 5.91. The third-order valence-electron chi connectivity index (χ3n) is 3.23. The maximum absolute atomic E-state index is 6.23. The molecule has 0 heterocycles. The van der Waals surface area contributed by atoms with Crippen LogP contribution in [-0.2, 0) is 4.74 Å². The predicted octanol–water partition coefficient (Wildman–Crippen LogP) is 2.89. The van der Waals surface area contributed by atoms with E-state index in [0.29, 0.717) is 0 Å². The van der Waals surface area contributed by atoms with E-state index in [4.69, 9.17) is 10.5 Å². The number of hydrogen-bond donors (Lipinski definition) is 1. The minimum atomic E-state index is 0.00458. The van der Waals surface area contributed by atoms with Crippen LogP contribution in [0.4, 0.5) is 0 Å². The summed E-state index contributed by atoms with van der Waals surface area (Å²) in [6.45, 7) is 3.03. The second-order valence-electron chi connectivity index (χ2n) is 4.66. The standard InChI is InChI=1S/C14H21NO/c1-2-13(16-10-11-8-9-11)14(15)12-6-4-3-5-7-12/h3-7,11,13-14H,2,8-10,15H2,1H3. The third-order valence-corrected chi connectivity index (χ3v) is 3.23. The van der Waals surface area contributed by atoms with Crippen molar-refractivity contribution in [2.24, 2.45) is 11.7 Å². The van der Waals surface area contributed by atoms with E-state index in [0.717, 1.165) is 18.9 Å². The summed E-state index contributed by atoms with van der Waals surface area (Å²) in [6.07, 6.45) is 3.79. The Bertz CT molecular complexity index is 308. The van der Waals surface area contributed by atoms with Gasteiger partial charge in [0, 0.05) is 6.61 Å². The molecule has 1 aromatic carbocycles. The molecule has 0 radical (unpaired) electrons. The highest BCUT2D eigenvalue weighted by Gasteiger charge is 2.25. The molecule has 0 bridgehead atoms. The van der Waals surface area contributed by atoms with Gasteiger partial charge < -0.3 is 10.5 Å². The van der Waals surface area contributed by atoms with Crippen LogP contribution in [0.5, 0.6) is 0 Å². The quantitative estimate of drug-likeness (QED) is 0.798. The molecule has 2 N–H and O–H groups in total. The second kappa shape index (κ2) is 5.46. The van der Waals surface area contributed by atoms with Gasteiger partial charge in [0.1, 0.15) is 0 Å². The van der Waals surface area contributed by atoms with Crippen LogP contribution in [0, 0.1) is 5.92 Å². The fourth-order valence-electron chi connectivity index (χ4n) is 1.91. The summed E-state index contributed by atoms with van der Waals surface area (Å²) in [7, 11) is 0. The second-order valence-corrected chi connectivity index (χ2v) is 4.66. The van der Waals surface area contributed by atoms with Crippen LogP contribution >= 0.6 is 0 Å². The van der Waals surface area contributed by atoms with Crippen molar-refractivity contribution in [3.8, 4) is 0 Å². The summed E-state index contributed by atoms with van der Waals surface area (Å²) in [5, 5.41) is 0. The van der Waals surface area contributed by atoms with Crippen molar-refractivity contribution in [1.82, 2.24) is 0 Å². The van der Waals surface area contributed by atoms with Crippen LogP contribution < -0.4 is 5.73 Å². The van der Waals surface area contributed by atoms with E-state index in [1.54, 1.807) is 0 Å². The first-order valence-corrected chi connectivity index (χ1v) is 6.23. The lowest BCUT2D eigenvalue weighted by atomic mass is 10.0. The zero-order chi connectivity index (χ0) is 11.4.